The van der Waals surface area contributed by atoms with Crippen molar-refractivity contribution in [2.75, 3.05) is 7.11 Å². The highest BCUT2D eigenvalue weighted by Gasteiger charge is 2.29. The third kappa shape index (κ3) is 1.82. The monoisotopic (exact) mass is 212 g/mol. The van der Waals surface area contributed by atoms with Gasteiger partial charge in [-0.05, 0) is 19.8 Å². The van der Waals surface area contributed by atoms with Crippen molar-refractivity contribution in [1.82, 2.24) is 4.98 Å². The number of nitrogens with zero attached hydrogens (tertiary/aromatic N) is 1. The van der Waals surface area contributed by atoms with Gasteiger partial charge < -0.3 is 10.5 Å². The summed E-state index contributed by atoms with van der Waals surface area (Å²) in [5.74, 6) is 0.683. The van der Waals surface area contributed by atoms with Crippen LogP contribution in [0.1, 0.15) is 47.4 Å². The van der Waals surface area contributed by atoms with Gasteiger partial charge in [-0.1, -0.05) is 0 Å². The summed E-state index contributed by atoms with van der Waals surface area (Å²) in [7, 11) is 1.71. The third-order valence-corrected chi connectivity index (χ3v) is 3.85. The van der Waals surface area contributed by atoms with Crippen LogP contribution in [0.2, 0.25) is 0 Å². The summed E-state index contributed by atoms with van der Waals surface area (Å²) in [5.41, 5.74) is 6.93. The van der Waals surface area contributed by atoms with Gasteiger partial charge in [0.25, 0.3) is 0 Å². The Morgan fingerprint density at radius 1 is 1.64 bits per heavy atom. The van der Waals surface area contributed by atoms with Crippen molar-refractivity contribution in [1.29, 1.82) is 0 Å². The van der Waals surface area contributed by atoms with Crippen molar-refractivity contribution in [3.8, 4) is 0 Å². The van der Waals surface area contributed by atoms with E-state index in [-0.39, 0.29) is 6.10 Å². The molecule has 1 aliphatic rings. The molecule has 0 spiro atoms. The zero-order valence-corrected chi connectivity index (χ0v) is 9.43. The number of rotatable bonds is 4. The quantitative estimate of drug-likeness (QED) is 0.832. The molecule has 4 heteroatoms. The molecule has 3 nitrogen and oxygen atoms in total. The van der Waals surface area contributed by atoms with Gasteiger partial charge in [0.1, 0.15) is 11.1 Å². The molecule has 78 valence electrons. The van der Waals surface area contributed by atoms with E-state index in [4.69, 9.17) is 10.5 Å². The highest BCUT2D eigenvalue weighted by molar-refractivity contribution is 7.11. The second-order valence-electron chi connectivity index (χ2n) is 3.72. The topological polar surface area (TPSA) is 48.1 Å². The lowest BCUT2D eigenvalue weighted by Crippen LogP contribution is -1.97. The molecule has 1 unspecified atom stereocenters. The zero-order chi connectivity index (χ0) is 10.1. The van der Waals surface area contributed by atoms with Crippen molar-refractivity contribution in [3.05, 3.63) is 15.6 Å². The molecule has 1 atom stereocenters. The van der Waals surface area contributed by atoms with Gasteiger partial charge in [0.05, 0.1) is 5.69 Å². The van der Waals surface area contributed by atoms with Gasteiger partial charge in [0.2, 0.25) is 0 Å². The van der Waals surface area contributed by atoms with Crippen LogP contribution in [0, 0.1) is 0 Å². The van der Waals surface area contributed by atoms with Crippen LogP contribution in [0.15, 0.2) is 0 Å². The highest BCUT2D eigenvalue weighted by Crippen LogP contribution is 2.43. The van der Waals surface area contributed by atoms with E-state index in [2.05, 4.69) is 4.98 Å². The molecule has 1 saturated carbocycles. The van der Waals surface area contributed by atoms with Crippen LogP contribution in [0.3, 0.4) is 0 Å². The van der Waals surface area contributed by atoms with E-state index in [9.17, 15) is 0 Å². The van der Waals surface area contributed by atoms with E-state index in [1.807, 2.05) is 6.92 Å². The van der Waals surface area contributed by atoms with E-state index in [1.165, 1.54) is 23.4 Å². The number of hydrogen-bond acceptors (Lipinski definition) is 4. The predicted octanol–water partition coefficient (Wildman–Crippen LogP) is 2.19. The number of aromatic nitrogens is 1. The summed E-state index contributed by atoms with van der Waals surface area (Å²) in [4.78, 5) is 5.87. The van der Waals surface area contributed by atoms with Crippen LogP contribution >= 0.6 is 11.3 Å². The number of hydrogen-bond donors (Lipinski definition) is 1. The van der Waals surface area contributed by atoms with Crippen molar-refractivity contribution < 1.29 is 4.74 Å². The predicted molar refractivity (Wildman–Crippen MR) is 57.4 cm³/mol. The Morgan fingerprint density at radius 3 is 2.86 bits per heavy atom. The number of ether oxygens (including phenoxy) is 1. The number of methoxy groups -OCH3 is 1. The molecule has 1 aromatic rings. The Balaban J connectivity index is 2.26. The molecule has 14 heavy (non-hydrogen) atoms. The molecule has 1 aliphatic carbocycles. The van der Waals surface area contributed by atoms with Gasteiger partial charge in [-0.15, -0.1) is 11.3 Å². The van der Waals surface area contributed by atoms with Gasteiger partial charge >= 0.3 is 0 Å². The molecule has 1 fully saturated rings. The van der Waals surface area contributed by atoms with E-state index in [1.54, 1.807) is 18.4 Å². The summed E-state index contributed by atoms with van der Waals surface area (Å²) in [6.45, 7) is 2.63. The van der Waals surface area contributed by atoms with Gasteiger partial charge in [-0.2, -0.15) is 0 Å². The van der Waals surface area contributed by atoms with Crippen LogP contribution in [0.5, 0.6) is 0 Å². The summed E-state index contributed by atoms with van der Waals surface area (Å²) in [6.07, 6.45) is 2.65. The summed E-state index contributed by atoms with van der Waals surface area (Å²) in [5, 5.41) is 1.06. The fourth-order valence-corrected chi connectivity index (χ4v) is 2.54. The molecule has 0 aromatic carbocycles. The minimum Gasteiger partial charge on any atom is -0.375 e. The second kappa shape index (κ2) is 3.96. The van der Waals surface area contributed by atoms with E-state index in [0.717, 1.165) is 5.01 Å². The first-order valence-corrected chi connectivity index (χ1v) is 5.80. The zero-order valence-electron chi connectivity index (χ0n) is 8.62. The first-order chi connectivity index (χ1) is 6.76. The second-order valence-corrected chi connectivity index (χ2v) is 4.83. The summed E-state index contributed by atoms with van der Waals surface area (Å²) >= 11 is 1.70. The lowest BCUT2D eigenvalue weighted by molar-refractivity contribution is 0.119. The first kappa shape index (κ1) is 10.1. The first-order valence-electron chi connectivity index (χ1n) is 4.98. The SMILES string of the molecule is COC(C)c1nc(C2CC2)c(CN)s1. The lowest BCUT2D eigenvalue weighted by Gasteiger charge is -2.03. The molecule has 0 bridgehead atoms. The van der Waals surface area contributed by atoms with Crippen LogP contribution < -0.4 is 5.73 Å². The smallest absolute Gasteiger partial charge is 0.122 e. The minimum absolute atomic E-state index is 0.0952. The molecule has 0 amide bonds. The molecule has 0 saturated heterocycles. The van der Waals surface area contributed by atoms with Gasteiger partial charge in [-0.3, -0.25) is 0 Å². The summed E-state index contributed by atoms with van der Waals surface area (Å²) < 4.78 is 5.26. The van der Waals surface area contributed by atoms with Crippen LogP contribution in [-0.2, 0) is 11.3 Å². The van der Waals surface area contributed by atoms with Crippen LogP contribution in [0.4, 0.5) is 0 Å². The van der Waals surface area contributed by atoms with E-state index in [0.29, 0.717) is 12.5 Å². The molecule has 2 rings (SSSR count). The Hall–Kier alpha value is -0.450. The minimum atomic E-state index is 0.0952. The van der Waals surface area contributed by atoms with Crippen LogP contribution in [0.25, 0.3) is 0 Å². The Labute approximate surface area is 88.3 Å². The van der Waals surface area contributed by atoms with Crippen molar-refractivity contribution in [3.63, 3.8) is 0 Å². The molecule has 1 aromatic heterocycles. The third-order valence-electron chi connectivity index (χ3n) is 2.59. The maximum Gasteiger partial charge on any atom is 0.122 e. The van der Waals surface area contributed by atoms with Gasteiger partial charge in [0.15, 0.2) is 0 Å². The number of nitrogens with two attached hydrogens (primary N) is 1. The Kier molecular flexibility index (Phi) is 2.85. The Morgan fingerprint density at radius 2 is 2.36 bits per heavy atom. The maximum absolute atomic E-state index is 5.70. The molecular weight excluding hydrogens is 196 g/mol. The summed E-state index contributed by atoms with van der Waals surface area (Å²) in [6, 6.07) is 0. The average Bonchev–Trinajstić information content (AvgIpc) is 2.96. The molecule has 0 aliphatic heterocycles. The molecule has 2 N–H and O–H groups in total. The Bertz CT molecular complexity index is 320. The maximum atomic E-state index is 5.70. The standard InChI is InChI=1S/C10H16N2OS/c1-6(13-2)10-12-9(7-3-4-7)8(5-11)14-10/h6-7H,3-5,11H2,1-2H3. The van der Waals surface area contributed by atoms with Gasteiger partial charge in [-0.25, -0.2) is 4.98 Å². The van der Waals surface area contributed by atoms with E-state index >= 15 is 0 Å². The van der Waals surface area contributed by atoms with Crippen molar-refractivity contribution in [2.45, 2.75) is 38.3 Å². The van der Waals surface area contributed by atoms with Crippen molar-refractivity contribution in [2.24, 2.45) is 5.73 Å². The fraction of sp³-hybridized carbons (Fsp3) is 0.700. The van der Waals surface area contributed by atoms with Crippen LogP contribution in [-0.4, -0.2) is 12.1 Å². The largest absolute Gasteiger partial charge is 0.375 e. The van der Waals surface area contributed by atoms with Gasteiger partial charge in [0, 0.05) is 24.4 Å². The normalized spacial score (nSPS) is 18.5. The van der Waals surface area contributed by atoms with E-state index < -0.39 is 0 Å². The average molecular weight is 212 g/mol. The number of thiazole rings is 1. The molecule has 0 radical (unpaired) electrons. The lowest BCUT2D eigenvalue weighted by atomic mass is 10.2. The highest BCUT2D eigenvalue weighted by atomic mass is 32.1. The molecule has 1 heterocycles. The fourth-order valence-electron chi connectivity index (χ4n) is 1.48. The molecular formula is C10H16N2OS. The van der Waals surface area contributed by atoms with Crippen molar-refractivity contribution >= 4 is 11.3 Å².